The number of benzene rings is 1. The van der Waals surface area contributed by atoms with Gasteiger partial charge in [0.05, 0.1) is 19.4 Å². The molecule has 1 rings (SSSR count). The summed E-state index contributed by atoms with van der Waals surface area (Å²) in [5.41, 5.74) is 1.54. The van der Waals surface area contributed by atoms with Gasteiger partial charge in [-0.2, -0.15) is 0 Å². The average molecular weight is 271 g/mol. The van der Waals surface area contributed by atoms with Crippen LogP contribution in [0.5, 0.6) is 0 Å². The SMILES string of the molecule is CCOP(=O)(Cc1ccc(NC=O)cc1)OCC. The first-order valence-corrected chi connectivity index (χ1v) is 7.53. The number of carbonyl (C=O) groups is 1. The Kier molecular flexibility index (Phi) is 6.05. The molecule has 0 spiro atoms. The summed E-state index contributed by atoms with van der Waals surface area (Å²) in [6.07, 6.45) is 0.844. The van der Waals surface area contributed by atoms with E-state index in [1.165, 1.54) is 0 Å². The Balaban J connectivity index is 2.74. The Labute approximate surface area is 107 Å². The summed E-state index contributed by atoms with van der Waals surface area (Å²) in [6.45, 7) is 4.26. The fourth-order valence-corrected chi connectivity index (χ4v) is 3.22. The summed E-state index contributed by atoms with van der Waals surface area (Å²) in [5, 5.41) is 2.54. The molecule has 0 bridgehead atoms. The second-order valence-corrected chi connectivity index (χ2v) is 5.62. The van der Waals surface area contributed by atoms with Crippen LogP contribution in [0, 0.1) is 0 Å². The van der Waals surface area contributed by atoms with E-state index in [9.17, 15) is 9.36 Å². The molecule has 100 valence electrons. The van der Waals surface area contributed by atoms with Crippen LogP contribution >= 0.6 is 7.60 Å². The van der Waals surface area contributed by atoms with Crippen molar-refractivity contribution in [3.05, 3.63) is 29.8 Å². The maximum absolute atomic E-state index is 12.3. The molecule has 18 heavy (non-hydrogen) atoms. The van der Waals surface area contributed by atoms with Crippen molar-refractivity contribution in [3.63, 3.8) is 0 Å². The molecule has 1 amide bonds. The molecule has 0 aromatic heterocycles. The highest BCUT2D eigenvalue weighted by atomic mass is 31.2. The number of amides is 1. The Bertz CT molecular complexity index is 409. The molecule has 0 saturated heterocycles. The van der Waals surface area contributed by atoms with Gasteiger partial charge in [-0.1, -0.05) is 12.1 Å². The maximum Gasteiger partial charge on any atom is 0.335 e. The molecule has 0 unspecified atom stereocenters. The van der Waals surface area contributed by atoms with E-state index in [0.29, 0.717) is 25.3 Å². The third-order valence-corrected chi connectivity index (χ3v) is 4.26. The van der Waals surface area contributed by atoms with Gasteiger partial charge in [0.1, 0.15) is 0 Å². The van der Waals surface area contributed by atoms with Gasteiger partial charge >= 0.3 is 7.60 Å². The Morgan fingerprint density at radius 2 is 1.72 bits per heavy atom. The number of anilines is 1. The average Bonchev–Trinajstić information content (AvgIpc) is 2.32. The maximum atomic E-state index is 12.3. The normalized spacial score (nSPS) is 11.2. The van der Waals surface area contributed by atoms with Crippen LogP contribution in [0.2, 0.25) is 0 Å². The van der Waals surface area contributed by atoms with Crippen LogP contribution in [0.1, 0.15) is 19.4 Å². The Morgan fingerprint density at radius 1 is 1.17 bits per heavy atom. The van der Waals surface area contributed by atoms with Crippen molar-refractivity contribution in [1.29, 1.82) is 0 Å². The minimum absolute atomic E-state index is 0.232. The quantitative estimate of drug-likeness (QED) is 0.583. The van der Waals surface area contributed by atoms with Gasteiger partial charge < -0.3 is 14.4 Å². The molecule has 6 heteroatoms. The van der Waals surface area contributed by atoms with Crippen molar-refractivity contribution >= 4 is 19.7 Å². The lowest BCUT2D eigenvalue weighted by Crippen LogP contribution is -1.99. The van der Waals surface area contributed by atoms with E-state index >= 15 is 0 Å². The van der Waals surface area contributed by atoms with Crippen LogP contribution in [0.15, 0.2) is 24.3 Å². The van der Waals surface area contributed by atoms with Crippen molar-refractivity contribution in [2.24, 2.45) is 0 Å². The third-order valence-electron chi connectivity index (χ3n) is 2.21. The van der Waals surface area contributed by atoms with Gasteiger partial charge in [-0.15, -0.1) is 0 Å². The van der Waals surface area contributed by atoms with Gasteiger partial charge in [0.15, 0.2) is 0 Å². The molecule has 1 aromatic carbocycles. The minimum atomic E-state index is -3.06. The molecule has 0 atom stereocenters. The van der Waals surface area contributed by atoms with E-state index in [1.54, 1.807) is 38.1 Å². The molecule has 0 radical (unpaired) electrons. The lowest BCUT2D eigenvalue weighted by molar-refractivity contribution is -0.105. The molecule has 0 saturated carbocycles. The third kappa shape index (κ3) is 4.61. The first kappa shape index (κ1) is 14.9. The zero-order chi connectivity index (χ0) is 13.4. The van der Waals surface area contributed by atoms with Crippen LogP contribution in [0.3, 0.4) is 0 Å². The van der Waals surface area contributed by atoms with Crippen molar-refractivity contribution in [2.75, 3.05) is 18.5 Å². The number of rotatable bonds is 8. The molecule has 1 aromatic rings. The van der Waals surface area contributed by atoms with E-state index in [4.69, 9.17) is 9.05 Å². The Hall–Kier alpha value is -1.16. The van der Waals surface area contributed by atoms with E-state index in [2.05, 4.69) is 5.32 Å². The summed E-state index contributed by atoms with van der Waals surface area (Å²) in [5.74, 6) is 0. The van der Waals surface area contributed by atoms with Gasteiger partial charge in [-0.3, -0.25) is 9.36 Å². The van der Waals surface area contributed by atoms with Crippen LogP contribution < -0.4 is 5.32 Å². The molecule has 0 heterocycles. The molecule has 0 aliphatic carbocycles. The molecule has 0 aliphatic heterocycles. The number of hydrogen-bond acceptors (Lipinski definition) is 4. The van der Waals surface area contributed by atoms with Crippen LogP contribution in [0.4, 0.5) is 5.69 Å². The van der Waals surface area contributed by atoms with Crippen LogP contribution in [-0.2, 0) is 24.6 Å². The second-order valence-electron chi connectivity index (χ2n) is 3.56. The van der Waals surface area contributed by atoms with Gasteiger partial charge in [-0.05, 0) is 31.5 Å². The lowest BCUT2D eigenvalue weighted by atomic mass is 10.2. The standard InChI is InChI=1S/C12H18NO4P/c1-3-16-18(15,17-4-2)9-11-5-7-12(8-6-11)13-10-14/h5-8,10H,3-4,9H2,1-2H3,(H,13,14). The zero-order valence-corrected chi connectivity index (χ0v) is 11.5. The smallest absolute Gasteiger partial charge is 0.329 e. The number of nitrogens with one attached hydrogen (secondary N) is 1. The largest absolute Gasteiger partial charge is 0.335 e. The molecule has 1 N–H and O–H groups in total. The zero-order valence-electron chi connectivity index (χ0n) is 10.6. The van der Waals surface area contributed by atoms with Crippen molar-refractivity contribution in [1.82, 2.24) is 0 Å². The molecule has 0 fully saturated rings. The first-order valence-electron chi connectivity index (χ1n) is 5.80. The van der Waals surface area contributed by atoms with Gasteiger partial charge in [0.2, 0.25) is 6.41 Å². The fraction of sp³-hybridized carbons (Fsp3) is 0.417. The molecule has 0 aliphatic rings. The predicted molar refractivity (Wildman–Crippen MR) is 70.7 cm³/mol. The van der Waals surface area contributed by atoms with E-state index < -0.39 is 7.60 Å². The first-order chi connectivity index (χ1) is 8.63. The summed E-state index contributed by atoms with van der Waals surface area (Å²) in [6, 6.07) is 7.06. The highest BCUT2D eigenvalue weighted by Crippen LogP contribution is 2.51. The lowest BCUT2D eigenvalue weighted by Gasteiger charge is -2.17. The highest BCUT2D eigenvalue weighted by Gasteiger charge is 2.23. The fourth-order valence-electron chi connectivity index (χ4n) is 1.52. The van der Waals surface area contributed by atoms with Crippen molar-refractivity contribution in [3.8, 4) is 0 Å². The van der Waals surface area contributed by atoms with Crippen molar-refractivity contribution < 1.29 is 18.4 Å². The van der Waals surface area contributed by atoms with Gasteiger partial charge in [-0.25, -0.2) is 0 Å². The van der Waals surface area contributed by atoms with E-state index in [0.717, 1.165) is 5.56 Å². The number of carbonyl (C=O) groups excluding carboxylic acids is 1. The highest BCUT2D eigenvalue weighted by molar-refractivity contribution is 7.53. The summed E-state index contributed by atoms with van der Waals surface area (Å²) in [7, 11) is -3.06. The van der Waals surface area contributed by atoms with Crippen LogP contribution in [0.25, 0.3) is 0 Å². The topological polar surface area (TPSA) is 64.6 Å². The van der Waals surface area contributed by atoms with Gasteiger partial charge in [0, 0.05) is 5.69 Å². The van der Waals surface area contributed by atoms with Crippen molar-refractivity contribution in [2.45, 2.75) is 20.0 Å². The monoisotopic (exact) mass is 271 g/mol. The Morgan fingerprint density at radius 3 is 2.17 bits per heavy atom. The summed E-state index contributed by atoms with van der Waals surface area (Å²) >= 11 is 0. The summed E-state index contributed by atoms with van der Waals surface area (Å²) < 4.78 is 22.7. The predicted octanol–water partition coefficient (Wildman–Crippen LogP) is 3.02. The van der Waals surface area contributed by atoms with E-state index in [-0.39, 0.29) is 6.16 Å². The summed E-state index contributed by atoms with van der Waals surface area (Å²) in [4.78, 5) is 10.3. The second kappa shape index (κ2) is 7.31. The minimum Gasteiger partial charge on any atom is -0.329 e. The van der Waals surface area contributed by atoms with E-state index in [1.807, 2.05) is 0 Å². The number of hydrogen-bond donors (Lipinski definition) is 1. The van der Waals surface area contributed by atoms with Crippen LogP contribution in [-0.4, -0.2) is 19.6 Å². The molecule has 5 nitrogen and oxygen atoms in total. The molecular formula is C12H18NO4P. The molecular weight excluding hydrogens is 253 g/mol. The van der Waals surface area contributed by atoms with Gasteiger partial charge in [0.25, 0.3) is 0 Å².